The van der Waals surface area contributed by atoms with Gasteiger partial charge in [-0.25, -0.2) is 0 Å². The smallest absolute Gasteiger partial charge is 0.0445 e. The van der Waals surface area contributed by atoms with E-state index in [1.54, 1.807) is 11.3 Å². The van der Waals surface area contributed by atoms with Crippen LogP contribution in [0.5, 0.6) is 0 Å². The van der Waals surface area contributed by atoms with Gasteiger partial charge in [-0.2, -0.15) is 0 Å². The highest BCUT2D eigenvalue weighted by molar-refractivity contribution is 7.21. The van der Waals surface area contributed by atoms with Crippen molar-refractivity contribution in [2.45, 2.75) is 19.3 Å². The van der Waals surface area contributed by atoms with E-state index in [1.807, 2.05) is 11.3 Å². The maximum Gasteiger partial charge on any atom is 0.0445 e. The van der Waals surface area contributed by atoms with Crippen molar-refractivity contribution in [1.82, 2.24) is 0 Å². The predicted molar refractivity (Wildman–Crippen MR) is 69.7 cm³/mol. The summed E-state index contributed by atoms with van der Waals surface area (Å²) in [4.78, 5) is 4.19. The van der Waals surface area contributed by atoms with Gasteiger partial charge in [0, 0.05) is 14.6 Å². The van der Waals surface area contributed by atoms with Crippen molar-refractivity contribution >= 4 is 22.7 Å². The zero-order valence-electron chi connectivity index (χ0n) is 8.77. The van der Waals surface area contributed by atoms with Crippen LogP contribution < -0.4 is 5.73 Å². The normalized spacial score (nSPS) is 12.9. The molecule has 3 heteroatoms. The number of rotatable bonds is 4. The van der Waals surface area contributed by atoms with Crippen LogP contribution in [0.1, 0.15) is 24.1 Å². The minimum Gasteiger partial charge on any atom is -0.330 e. The summed E-state index contributed by atoms with van der Waals surface area (Å²) in [5.41, 5.74) is 5.57. The molecule has 0 aliphatic carbocycles. The molecular formula is C12H15NS2. The maximum absolute atomic E-state index is 5.57. The van der Waals surface area contributed by atoms with Gasteiger partial charge < -0.3 is 5.73 Å². The Kier molecular flexibility index (Phi) is 3.57. The molecule has 0 fully saturated rings. The average molecular weight is 237 g/mol. The molecule has 2 aromatic rings. The van der Waals surface area contributed by atoms with Gasteiger partial charge in [-0.3, -0.25) is 0 Å². The van der Waals surface area contributed by atoms with Crippen molar-refractivity contribution in [3.63, 3.8) is 0 Å². The average Bonchev–Trinajstić information content (AvgIpc) is 2.89. The molecule has 2 aromatic heterocycles. The highest BCUT2D eigenvalue weighted by Gasteiger charge is 2.09. The van der Waals surface area contributed by atoms with E-state index in [0.717, 1.165) is 13.0 Å². The molecule has 0 radical (unpaired) electrons. The van der Waals surface area contributed by atoms with Gasteiger partial charge in [-0.15, -0.1) is 22.7 Å². The maximum atomic E-state index is 5.57. The first-order valence-electron chi connectivity index (χ1n) is 5.15. The van der Waals surface area contributed by atoms with Crippen LogP contribution in [0.3, 0.4) is 0 Å². The second-order valence-corrected chi connectivity index (χ2v) is 5.72. The predicted octanol–water partition coefficient (Wildman–Crippen LogP) is 3.93. The van der Waals surface area contributed by atoms with Crippen molar-refractivity contribution in [2.24, 2.45) is 5.73 Å². The quantitative estimate of drug-likeness (QED) is 0.856. The fourth-order valence-corrected chi connectivity index (χ4v) is 3.49. The Hall–Kier alpha value is -0.640. The highest BCUT2D eigenvalue weighted by Crippen LogP contribution is 2.35. The third-order valence-electron chi connectivity index (χ3n) is 2.48. The number of hydrogen-bond donors (Lipinski definition) is 1. The van der Waals surface area contributed by atoms with E-state index >= 15 is 0 Å². The lowest BCUT2D eigenvalue weighted by atomic mass is 10.1. The summed E-state index contributed by atoms with van der Waals surface area (Å²) in [5.74, 6) is 0.591. The summed E-state index contributed by atoms with van der Waals surface area (Å²) < 4.78 is 0. The second-order valence-electron chi connectivity index (χ2n) is 3.66. The van der Waals surface area contributed by atoms with E-state index in [-0.39, 0.29) is 0 Å². The van der Waals surface area contributed by atoms with E-state index in [1.165, 1.54) is 14.6 Å². The first-order chi connectivity index (χ1) is 7.31. The van der Waals surface area contributed by atoms with Crippen molar-refractivity contribution in [2.75, 3.05) is 6.54 Å². The standard InChI is InChI=1S/C12H15NS2/c1-9(6-7-13)10-4-5-12(15-10)11-3-2-8-14-11/h2-5,8-9H,6-7,13H2,1H3. The fourth-order valence-electron chi connectivity index (χ4n) is 1.56. The number of nitrogens with two attached hydrogens (primary N) is 1. The minimum absolute atomic E-state index is 0.591. The molecule has 0 bridgehead atoms. The monoisotopic (exact) mass is 237 g/mol. The summed E-state index contributed by atoms with van der Waals surface area (Å²) in [6.45, 7) is 3.02. The molecule has 0 saturated carbocycles. The zero-order chi connectivity index (χ0) is 10.7. The van der Waals surface area contributed by atoms with Crippen LogP contribution in [0, 0.1) is 0 Å². The second kappa shape index (κ2) is 4.92. The summed E-state index contributed by atoms with van der Waals surface area (Å²) in [7, 11) is 0. The lowest BCUT2D eigenvalue weighted by Crippen LogP contribution is -2.03. The number of thiophene rings is 2. The first kappa shape index (κ1) is 10.9. The van der Waals surface area contributed by atoms with Crippen LogP contribution in [0.2, 0.25) is 0 Å². The van der Waals surface area contributed by atoms with Gasteiger partial charge in [0.25, 0.3) is 0 Å². The molecule has 0 aliphatic heterocycles. The molecule has 0 spiro atoms. The van der Waals surface area contributed by atoms with Crippen LogP contribution >= 0.6 is 22.7 Å². The molecule has 0 aromatic carbocycles. The Morgan fingerprint density at radius 1 is 1.27 bits per heavy atom. The van der Waals surface area contributed by atoms with Gasteiger partial charge >= 0.3 is 0 Å². The van der Waals surface area contributed by atoms with Gasteiger partial charge in [0.2, 0.25) is 0 Å². The molecule has 2 N–H and O–H groups in total. The van der Waals surface area contributed by atoms with Crippen molar-refractivity contribution < 1.29 is 0 Å². The molecule has 1 unspecified atom stereocenters. The number of hydrogen-bond acceptors (Lipinski definition) is 3. The lowest BCUT2D eigenvalue weighted by molar-refractivity contribution is 0.701. The van der Waals surface area contributed by atoms with E-state index < -0.39 is 0 Å². The summed E-state index contributed by atoms with van der Waals surface area (Å²) in [6, 6.07) is 8.73. The van der Waals surface area contributed by atoms with Crippen molar-refractivity contribution in [3.05, 3.63) is 34.5 Å². The Labute approximate surface area is 98.6 Å². The third-order valence-corrected chi connectivity index (χ3v) is 4.86. The van der Waals surface area contributed by atoms with Crippen molar-refractivity contribution in [3.8, 4) is 9.75 Å². The molecule has 15 heavy (non-hydrogen) atoms. The first-order valence-corrected chi connectivity index (χ1v) is 6.84. The molecule has 1 nitrogen and oxygen atoms in total. The molecule has 0 saturated heterocycles. The fraction of sp³-hybridized carbons (Fsp3) is 0.333. The van der Waals surface area contributed by atoms with E-state index in [9.17, 15) is 0 Å². The largest absolute Gasteiger partial charge is 0.330 e. The van der Waals surface area contributed by atoms with Crippen LogP contribution in [-0.2, 0) is 0 Å². The van der Waals surface area contributed by atoms with Gasteiger partial charge in [0.15, 0.2) is 0 Å². The molecule has 1 atom stereocenters. The Bertz CT molecular complexity index is 403. The SMILES string of the molecule is CC(CCN)c1ccc(-c2cccs2)s1. The molecule has 0 aliphatic rings. The highest BCUT2D eigenvalue weighted by atomic mass is 32.1. The van der Waals surface area contributed by atoms with Crippen LogP contribution in [0.25, 0.3) is 9.75 Å². The van der Waals surface area contributed by atoms with E-state index in [0.29, 0.717) is 5.92 Å². The molecule has 2 rings (SSSR count). The lowest BCUT2D eigenvalue weighted by Gasteiger charge is -2.05. The molecule has 80 valence electrons. The summed E-state index contributed by atoms with van der Waals surface area (Å²) in [6.07, 6.45) is 1.07. The van der Waals surface area contributed by atoms with Crippen molar-refractivity contribution in [1.29, 1.82) is 0 Å². The molecule has 0 amide bonds. The minimum atomic E-state index is 0.591. The van der Waals surface area contributed by atoms with Gasteiger partial charge in [0.05, 0.1) is 0 Å². The topological polar surface area (TPSA) is 26.0 Å². The van der Waals surface area contributed by atoms with Gasteiger partial charge in [-0.1, -0.05) is 13.0 Å². The third kappa shape index (κ3) is 2.48. The molecule has 2 heterocycles. The summed E-state index contributed by atoms with van der Waals surface area (Å²) >= 11 is 3.69. The van der Waals surface area contributed by atoms with E-state index in [2.05, 4.69) is 36.6 Å². The Balaban J connectivity index is 2.17. The summed E-state index contributed by atoms with van der Waals surface area (Å²) in [5, 5.41) is 2.12. The zero-order valence-corrected chi connectivity index (χ0v) is 10.4. The Morgan fingerprint density at radius 2 is 2.13 bits per heavy atom. The Morgan fingerprint density at radius 3 is 2.80 bits per heavy atom. The molecular weight excluding hydrogens is 222 g/mol. The van der Waals surface area contributed by atoms with Gasteiger partial charge in [-0.05, 0) is 42.5 Å². The van der Waals surface area contributed by atoms with E-state index in [4.69, 9.17) is 5.73 Å². The van der Waals surface area contributed by atoms with Crippen LogP contribution in [0.15, 0.2) is 29.6 Å². The van der Waals surface area contributed by atoms with Crippen LogP contribution in [0.4, 0.5) is 0 Å². The van der Waals surface area contributed by atoms with Gasteiger partial charge in [0.1, 0.15) is 0 Å². The van der Waals surface area contributed by atoms with Crippen LogP contribution in [-0.4, -0.2) is 6.54 Å².